The molecule has 1 aromatic carbocycles. The number of amides is 1. The van der Waals surface area contributed by atoms with Gasteiger partial charge in [-0.1, -0.05) is 22.0 Å². The summed E-state index contributed by atoms with van der Waals surface area (Å²) in [6.45, 7) is 5.48. The maximum Gasteiger partial charge on any atom is 0.413 e. The van der Waals surface area contributed by atoms with Gasteiger partial charge in [-0.2, -0.15) is 0 Å². The average molecular weight is 311 g/mol. The number of carbonyl (C=O) groups excluding carboxylic acids is 1. The van der Waals surface area contributed by atoms with Crippen molar-refractivity contribution < 1.29 is 9.53 Å². The fourth-order valence-corrected chi connectivity index (χ4v) is 1.94. The molecule has 0 spiro atoms. The van der Waals surface area contributed by atoms with Crippen LogP contribution < -0.4 is 5.32 Å². The van der Waals surface area contributed by atoms with E-state index < -0.39 is 11.7 Å². The molecule has 2 aromatic rings. The lowest BCUT2D eigenvalue weighted by Gasteiger charge is -2.19. The van der Waals surface area contributed by atoms with E-state index >= 15 is 0 Å². The molecule has 0 bridgehead atoms. The van der Waals surface area contributed by atoms with Crippen LogP contribution in [0.15, 0.2) is 28.7 Å². The van der Waals surface area contributed by atoms with Crippen molar-refractivity contribution >= 4 is 38.7 Å². The molecule has 4 nitrogen and oxygen atoms in total. The van der Waals surface area contributed by atoms with Crippen LogP contribution in [-0.2, 0) is 4.74 Å². The second-order valence-corrected chi connectivity index (χ2v) is 5.96. The van der Waals surface area contributed by atoms with E-state index in [4.69, 9.17) is 4.74 Å². The number of fused-ring (bicyclic) bond motifs is 1. The van der Waals surface area contributed by atoms with Crippen molar-refractivity contribution in [3.63, 3.8) is 0 Å². The summed E-state index contributed by atoms with van der Waals surface area (Å²) in [6.07, 6.45) is -0.465. The van der Waals surface area contributed by atoms with Gasteiger partial charge in [-0.25, -0.2) is 4.79 Å². The third-order valence-corrected chi connectivity index (χ3v) is 2.71. The Bertz CT molecular complexity index is 584. The Labute approximate surface area is 114 Å². The first-order chi connectivity index (χ1) is 8.33. The SMILES string of the molecule is CC(C)(C)OC(=O)Nc1cc2ccc(Br)cc2[nH]1. The van der Waals surface area contributed by atoms with Gasteiger partial charge in [-0.05, 0) is 39.0 Å². The first-order valence-corrected chi connectivity index (χ1v) is 6.41. The predicted molar refractivity (Wildman–Crippen MR) is 75.9 cm³/mol. The molecule has 1 aromatic heterocycles. The zero-order valence-electron chi connectivity index (χ0n) is 10.5. The van der Waals surface area contributed by atoms with Gasteiger partial charge in [0.05, 0.1) is 0 Å². The van der Waals surface area contributed by atoms with Gasteiger partial charge < -0.3 is 9.72 Å². The number of H-pyrrole nitrogens is 1. The smallest absolute Gasteiger partial charge is 0.413 e. The number of aromatic nitrogens is 1. The molecule has 0 aliphatic heterocycles. The molecule has 0 saturated heterocycles. The number of nitrogens with one attached hydrogen (secondary N) is 2. The lowest BCUT2D eigenvalue weighted by atomic mass is 10.2. The number of hydrogen-bond donors (Lipinski definition) is 2. The lowest BCUT2D eigenvalue weighted by Crippen LogP contribution is -2.27. The van der Waals surface area contributed by atoms with E-state index in [1.165, 1.54) is 0 Å². The molecule has 0 aliphatic rings. The largest absolute Gasteiger partial charge is 0.444 e. The highest BCUT2D eigenvalue weighted by atomic mass is 79.9. The Hall–Kier alpha value is -1.49. The predicted octanol–water partition coefficient (Wildman–Crippen LogP) is 4.28. The number of ether oxygens (including phenoxy) is 1. The second-order valence-electron chi connectivity index (χ2n) is 5.04. The van der Waals surface area contributed by atoms with Crippen LogP contribution in [0.1, 0.15) is 20.8 Å². The standard InChI is InChI=1S/C13H15BrN2O2/c1-13(2,3)18-12(17)16-11-6-8-4-5-9(14)7-10(8)15-11/h4-7,15H,1-3H3,(H,16,17). The van der Waals surface area contributed by atoms with E-state index in [0.29, 0.717) is 5.82 Å². The average Bonchev–Trinajstić information content (AvgIpc) is 2.55. The van der Waals surface area contributed by atoms with Crippen molar-refractivity contribution in [3.8, 4) is 0 Å². The number of benzene rings is 1. The zero-order chi connectivity index (χ0) is 13.3. The van der Waals surface area contributed by atoms with Crippen LogP contribution in [0.25, 0.3) is 10.9 Å². The Morgan fingerprint density at radius 2 is 2.06 bits per heavy atom. The van der Waals surface area contributed by atoms with Crippen molar-refractivity contribution in [1.82, 2.24) is 4.98 Å². The maximum absolute atomic E-state index is 11.6. The summed E-state index contributed by atoms with van der Waals surface area (Å²) >= 11 is 3.40. The summed E-state index contributed by atoms with van der Waals surface area (Å²) in [6, 6.07) is 7.74. The summed E-state index contributed by atoms with van der Waals surface area (Å²) < 4.78 is 6.17. The van der Waals surface area contributed by atoms with Gasteiger partial charge in [0.15, 0.2) is 0 Å². The van der Waals surface area contributed by atoms with Gasteiger partial charge in [0.25, 0.3) is 0 Å². The first-order valence-electron chi connectivity index (χ1n) is 5.62. The second kappa shape index (κ2) is 4.65. The Morgan fingerprint density at radius 3 is 2.72 bits per heavy atom. The number of carbonyl (C=O) groups is 1. The van der Waals surface area contributed by atoms with Crippen LogP contribution in [0.3, 0.4) is 0 Å². The van der Waals surface area contributed by atoms with Crippen LogP contribution >= 0.6 is 15.9 Å². The van der Waals surface area contributed by atoms with Crippen LogP contribution in [0, 0.1) is 0 Å². The quantitative estimate of drug-likeness (QED) is 0.826. The molecule has 96 valence electrons. The molecule has 1 heterocycles. The van der Waals surface area contributed by atoms with Gasteiger partial charge in [0.1, 0.15) is 11.4 Å². The normalized spacial score (nSPS) is 11.6. The van der Waals surface area contributed by atoms with E-state index in [2.05, 4.69) is 26.2 Å². The van der Waals surface area contributed by atoms with Crippen molar-refractivity contribution in [3.05, 3.63) is 28.7 Å². The molecule has 2 N–H and O–H groups in total. The zero-order valence-corrected chi connectivity index (χ0v) is 12.1. The molecule has 5 heteroatoms. The van der Waals surface area contributed by atoms with Crippen LogP contribution in [-0.4, -0.2) is 16.7 Å². The lowest BCUT2D eigenvalue weighted by molar-refractivity contribution is 0.0635. The minimum atomic E-state index is -0.501. The molecule has 1 amide bonds. The summed E-state index contributed by atoms with van der Waals surface area (Å²) in [5, 5.41) is 3.71. The topological polar surface area (TPSA) is 54.1 Å². The molecule has 0 aliphatic carbocycles. The Balaban J connectivity index is 2.15. The van der Waals surface area contributed by atoms with Crippen molar-refractivity contribution in [1.29, 1.82) is 0 Å². The summed E-state index contributed by atoms with van der Waals surface area (Å²) in [5.41, 5.74) is 0.453. The van der Waals surface area contributed by atoms with Crippen LogP contribution in [0.2, 0.25) is 0 Å². The summed E-state index contributed by atoms with van der Waals surface area (Å²) in [5.74, 6) is 0.623. The minimum Gasteiger partial charge on any atom is -0.444 e. The Morgan fingerprint density at radius 1 is 1.33 bits per heavy atom. The van der Waals surface area contributed by atoms with E-state index in [-0.39, 0.29) is 0 Å². The summed E-state index contributed by atoms with van der Waals surface area (Å²) in [4.78, 5) is 14.7. The fourth-order valence-electron chi connectivity index (χ4n) is 1.58. The molecule has 2 rings (SSSR count). The highest BCUT2D eigenvalue weighted by Crippen LogP contribution is 2.22. The highest BCUT2D eigenvalue weighted by Gasteiger charge is 2.16. The number of aromatic amines is 1. The third-order valence-electron chi connectivity index (χ3n) is 2.22. The first kappa shape index (κ1) is 13.0. The third kappa shape index (κ3) is 3.26. The Kier molecular flexibility index (Phi) is 3.34. The van der Waals surface area contributed by atoms with Gasteiger partial charge in [0.2, 0.25) is 0 Å². The molecular weight excluding hydrogens is 296 g/mol. The summed E-state index contributed by atoms with van der Waals surface area (Å²) in [7, 11) is 0. The highest BCUT2D eigenvalue weighted by molar-refractivity contribution is 9.10. The molecule has 0 saturated carbocycles. The van der Waals surface area contributed by atoms with Crippen molar-refractivity contribution in [2.75, 3.05) is 5.32 Å². The van der Waals surface area contributed by atoms with Gasteiger partial charge in [0, 0.05) is 15.4 Å². The minimum absolute atomic E-state index is 0.465. The van der Waals surface area contributed by atoms with Crippen LogP contribution in [0.4, 0.5) is 10.6 Å². The molecule has 0 atom stereocenters. The molecular formula is C13H15BrN2O2. The van der Waals surface area contributed by atoms with Crippen molar-refractivity contribution in [2.24, 2.45) is 0 Å². The number of halogens is 1. The van der Waals surface area contributed by atoms with Gasteiger partial charge in [-0.15, -0.1) is 0 Å². The number of anilines is 1. The molecule has 18 heavy (non-hydrogen) atoms. The van der Waals surface area contributed by atoms with E-state index in [9.17, 15) is 4.79 Å². The molecule has 0 radical (unpaired) electrons. The number of hydrogen-bond acceptors (Lipinski definition) is 2. The van der Waals surface area contributed by atoms with E-state index in [1.807, 2.05) is 45.0 Å². The van der Waals surface area contributed by atoms with Gasteiger partial charge in [-0.3, -0.25) is 5.32 Å². The van der Waals surface area contributed by atoms with E-state index in [0.717, 1.165) is 15.4 Å². The van der Waals surface area contributed by atoms with Crippen LogP contribution in [0.5, 0.6) is 0 Å². The van der Waals surface area contributed by atoms with Crippen molar-refractivity contribution in [2.45, 2.75) is 26.4 Å². The monoisotopic (exact) mass is 310 g/mol. The van der Waals surface area contributed by atoms with E-state index in [1.54, 1.807) is 0 Å². The molecule has 0 fully saturated rings. The number of rotatable bonds is 1. The van der Waals surface area contributed by atoms with Gasteiger partial charge >= 0.3 is 6.09 Å². The molecule has 0 unspecified atom stereocenters. The maximum atomic E-state index is 11.6. The fraction of sp³-hybridized carbons (Fsp3) is 0.308.